The average molecular weight is 579 g/mol. The summed E-state index contributed by atoms with van der Waals surface area (Å²) in [4.78, 5) is 11.5. The van der Waals surface area contributed by atoms with Crippen LogP contribution in [0.4, 0.5) is 0 Å². The maximum absolute atomic E-state index is 12.8. The first kappa shape index (κ1) is 25.4. The molecular formula is C32H28BrN5O. The van der Waals surface area contributed by atoms with Crippen molar-refractivity contribution in [1.29, 1.82) is 0 Å². The van der Waals surface area contributed by atoms with E-state index >= 15 is 0 Å². The third-order valence-electron chi connectivity index (χ3n) is 7.18. The van der Waals surface area contributed by atoms with Gasteiger partial charge in [-0.15, -0.1) is 0 Å². The zero-order valence-electron chi connectivity index (χ0n) is 21.8. The van der Waals surface area contributed by atoms with Gasteiger partial charge < -0.3 is 10.0 Å². The molecule has 39 heavy (non-hydrogen) atoms. The molecule has 0 radical (unpaired) electrons. The predicted octanol–water partition coefficient (Wildman–Crippen LogP) is 6.59. The number of rotatable bonds is 7. The molecule has 0 aliphatic heterocycles. The number of pyridine rings is 1. The van der Waals surface area contributed by atoms with E-state index in [9.17, 15) is 5.11 Å². The average Bonchev–Trinajstić information content (AvgIpc) is 3.50. The van der Waals surface area contributed by atoms with Gasteiger partial charge in [0.2, 0.25) is 0 Å². The van der Waals surface area contributed by atoms with E-state index in [2.05, 4.69) is 73.4 Å². The molecule has 6 nitrogen and oxygen atoms in total. The summed E-state index contributed by atoms with van der Waals surface area (Å²) in [6.07, 6.45) is 3.65. The minimum Gasteiger partial charge on any atom is -0.380 e. The fraction of sp³-hybridized carbons (Fsp3) is 0.156. The van der Waals surface area contributed by atoms with Gasteiger partial charge in [-0.3, -0.25) is 0 Å². The van der Waals surface area contributed by atoms with Crippen molar-refractivity contribution < 1.29 is 5.11 Å². The van der Waals surface area contributed by atoms with Gasteiger partial charge >= 0.3 is 0 Å². The van der Waals surface area contributed by atoms with Crippen molar-refractivity contribution in [2.45, 2.75) is 12.0 Å². The van der Waals surface area contributed by atoms with E-state index in [1.54, 1.807) is 11.0 Å². The first-order chi connectivity index (χ1) is 18.9. The van der Waals surface area contributed by atoms with Crippen LogP contribution in [-0.2, 0) is 5.60 Å². The van der Waals surface area contributed by atoms with Gasteiger partial charge in [0.25, 0.3) is 0 Å². The number of aliphatic hydroxyl groups is 1. The SMILES string of the molecule is CN(C)CCC(O)(c1cccc2ccccc12)c1cc(Br)cc2cc(-c3ccccc3)c(-n3cncn3)nc12. The Balaban J connectivity index is 1.68. The Labute approximate surface area is 235 Å². The summed E-state index contributed by atoms with van der Waals surface area (Å²) in [5.74, 6) is 0.655. The van der Waals surface area contributed by atoms with Gasteiger partial charge in [0, 0.05) is 27.5 Å². The molecule has 0 spiro atoms. The smallest absolute Gasteiger partial charge is 0.163 e. The van der Waals surface area contributed by atoms with Crippen LogP contribution < -0.4 is 0 Å². The topological polar surface area (TPSA) is 67.1 Å². The summed E-state index contributed by atoms with van der Waals surface area (Å²) in [6, 6.07) is 30.6. The molecule has 0 bridgehead atoms. The lowest BCUT2D eigenvalue weighted by atomic mass is 9.80. The van der Waals surface area contributed by atoms with Gasteiger partial charge in [0.1, 0.15) is 18.3 Å². The Morgan fingerprint density at radius 3 is 2.41 bits per heavy atom. The maximum atomic E-state index is 12.8. The van der Waals surface area contributed by atoms with Crippen molar-refractivity contribution in [1.82, 2.24) is 24.6 Å². The maximum Gasteiger partial charge on any atom is 0.163 e. The number of benzene rings is 4. The number of fused-ring (bicyclic) bond motifs is 2. The molecule has 0 fully saturated rings. The molecule has 2 heterocycles. The number of hydrogen-bond donors (Lipinski definition) is 1. The second-order valence-corrected chi connectivity index (χ2v) is 10.9. The van der Waals surface area contributed by atoms with Gasteiger partial charge in [-0.2, -0.15) is 5.10 Å². The standard InChI is InChI=1S/C32H28BrN5O/c1-37(2)16-15-32(39,28-14-8-12-22-11-6-7-13-26(22)28)29-19-25(33)17-24-18-27(23-9-4-3-5-10-23)31(36-30(24)29)38-21-34-20-35-38/h3-14,17-21,39H,15-16H2,1-2H3. The summed E-state index contributed by atoms with van der Waals surface area (Å²) in [6.45, 7) is 0.686. The lowest BCUT2D eigenvalue weighted by Gasteiger charge is -2.33. The third kappa shape index (κ3) is 4.74. The molecule has 0 amide bonds. The Morgan fingerprint density at radius 1 is 0.872 bits per heavy atom. The fourth-order valence-electron chi connectivity index (χ4n) is 5.26. The van der Waals surface area contributed by atoms with E-state index < -0.39 is 5.60 Å². The zero-order valence-corrected chi connectivity index (χ0v) is 23.4. The van der Waals surface area contributed by atoms with Crippen molar-refractivity contribution in [3.63, 3.8) is 0 Å². The van der Waals surface area contributed by atoms with E-state index in [1.165, 1.54) is 6.33 Å². The Hall–Kier alpha value is -3.91. The monoisotopic (exact) mass is 577 g/mol. The Kier molecular flexibility index (Phi) is 6.73. The molecule has 1 N–H and O–H groups in total. The first-order valence-corrected chi connectivity index (χ1v) is 13.6. The van der Waals surface area contributed by atoms with Crippen LogP contribution in [0.1, 0.15) is 17.5 Å². The fourth-order valence-corrected chi connectivity index (χ4v) is 5.74. The minimum atomic E-state index is -1.31. The van der Waals surface area contributed by atoms with Crippen molar-refractivity contribution in [2.24, 2.45) is 0 Å². The van der Waals surface area contributed by atoms with Gasteiger partial charge in [-0.25, -0.2) is 14.6 Å². The third-order valence-corrected chi connectivity index (χ3v) is 7.64. The minimum absolute atomic E-state index is 0.486. The number of halogens is 1. The van der Waals surface area contributed by atoms with Crippen LogP contribution in [0, 0.1) is 0 Å². The lowest BCUT2D eigenvalue weighted by molar-refractivity contribution is 0.0656. The molecule has 6 aromatic rings. The van der Waals surface area contributed by atoms with Crippen molar-refractivity contribution in [2.75, 3.05) is 20.6 Å². The molecule has 194 valence electrons. The van der Waals surface area contributed by atoms with E-state index in [1.807, 2.05) is 62.6 Å². The molecule has 0 aliphatic rings. The molecule has 0 saturated heterocycles. The number of nitrogens with zero attached hydrogens (tertiary/aromatic N) is 5. The van der Waals surface area contributed by atoms with Gasteiger partial charge in [-0.1, -0.05) is 88.7 Å². The Morgan fingerprint density at radius 2 is 1.64 bits per heavy atom. The zero-order chi connectivity index (χ0) is 27.0. The molecule has 4 aromatic carbocycles. The van der Waals surface area contributed by atoms with Gasteiger partial charge in [0.05, 0.1) is 5.52 Å². The summed E-state index contributed by atoms with van der Waals surface area (Å²) in [5.41, 5.74) is 2.96. The van der Waals surface area contributed by atoms with Crippen LogP contribution in [0.15, 0.2) is 108 Å². The predicted molar refractivity (Wildman–Crippen MR) is 160 cm³/mol. The van der Waals surface area contributed by atoms with Crippen LogP contribution in [0.25, 0.3) is 38.6 Å². The van der Waals surface area contributed by atoms with Crippen LogP contribution in [-0.4, -0.2) is 50.4 Å². The second-order valence-electron chi connectivity index (χ2n) is 10.0. The molecule has 6 rings (SSSR count). The highest BCUT2D eigenvalue weighted by molar-refractivity contribution is 9.10. The highest BCUT2D eigenvalue weighted by atomic mass is 79.9. The van der Waals surface area contributed by atoms with Crippen LogP contribution in [0.3, 0.4) is 0 Å². The highest BCUT2D eigenvalue weighted by Gasteiger charge is 2.36. The molecule has 0 saturated carbocycles. The van der Waals surface area contributed by atoms with Gasteiger partial charge in [-0.05, 0) is 60.6 Å². The van der Waals surface area contributed by atoms with E-state index in [0.29, 0.717) is 18.8 Å². The largest absolute Gasteiger partial charge is 0.380 e. The van der Waals surface area contributed by atoms with Crippen molar-refractivity contribution in [3.8, 4) is 16.9 Å². The van der Waals surface area contributed by atoms with Crippen LogP contribution >= 0.6 is 15.9 Å². The van der Waals surface area contributed by atoms with E-state index in [-0.39, 0.29) is 0 Å². The molecule has 1 unspecified atom stereocenters. The van der Waals surface area contributed by atoms with E-state index in [4.69, 9.17) is 4.98 Å². The molecule has 7 heteroatoms. The van der Waals surface area contributed by atoms with E-state index in [0.717, 1.165) is 48.4 Å². The lowest BCUT2D eigenvalue weighted by Crippen LogP contribution is -2.32. The summed E-state index contributed by atoms with van der Waals surface area (Å²) >= 11 is 3.74. The van der Waals surface area contributed by atoms with Crippen molar-refractivity contribution in [3.05, 3.63) is 119 Å². The summed E-state index contributed by atoms with van der Waals surface area (Å²) < 4.78 is 2.56. The van der Waals surface area contributed by atoms with Crippen LogP contribution in [0.2, 0.25) is 0 Å². The molecule has 1 atom stereocenters. The van der Waals surface area contributed by atoms with Crippen molar-refractivity contribution >= 4 is 37.6 Å². The molecular weight excluding hydrogens is 550 g/mol. The molecule has 2 aromatic heterocycles. The summed E-state index contributed by atoms with van der Waals surface area (Å²) in [7, 11) is 4.05. The molecule has 0 aliphatic carbocycles. The highest BCUT2D eigenvalue weighted by Crippen LogP contribution is 2.42. The number of hydrogen-bond acceptors (Lipinski definition) is 5. The quantitative estimate of drug-likeness (QED) is 0.232. The van der Waals surface area contributed by atoms with Crippen LogP contribution in [0.5, 0.6) is 0 Å². The van der Waals surface area contributed by atoms with Gasteiger partial charge in [0.15, 0.2) is 5.82 Å². The second kappa shape index (κ2) is 10.3. The Bertz CT molecular complexity index is 1760. The first-order valence-electron chi connectivity index (χ1n) is 12.8. The number of aromatic nitrogens is 4. The summed E-state index contributed by atoms with van der Waals surface area (Å²) in [5, 5.41) is 20.2. The normalized spacial score (nSPS) is 13.3.